The summed E-state index contributed by atoms with van der Waals surface area (Å²) in [6.45, 7) is 2.89. The topological polar surface area (TPSA) is 34.9 Å². The SMILES string of the molecule is CCCn1ccnc1C(=O)c1cccc(Br)c1. The lowest BCUT2D eigenvalue weighted by molar-refractivity contribution is 0.102. The molecule has 1 heterocycles. The molecule has 0 aliphatic heterocycles. The highest BCUT2D eigenvalue weighted by molar-refractivity contribution is 9.10. The largest absolute Gasteiger partial charge is 0.328 e. The Morgan fingerprint density at radius 1 is 1.47 bits per heavy atom. The van der Waals surface area contributed by atoms with E-state index in [0.29, 0.717) is 11.4 Å². The highest BCUT2D eigenvalue weighted by Gasteiger charge is 2.14. The van der Waals surface area contributed by atoms with Gasteiger partial charge in [0.1, 0.15) is 0 Å². The fourth-order valence-corrected chi connectivity index (χ4v) is 2.10. The molecule has 0 amide bonds. The summed E-state index contributed by atoms with van der Waals surface area (Å²) >= 11 is 3.36. The Morgan fingerprint density at radius 3 is 3.00 bits per heavy atom. The van der Waals surface area contributed by atoms with E-state index in [9.17, 15) is 4.79 Å². The Labute approximate surface area is 109 Å². The first kappa shape index (κ1) is 12.0. The number of halogens is 1. The van der Waals surface area contributed by atoms with Crippen molar-refractivity contribution in [1.82, 2.24) is 9.55 Å². The summed E-state index contributed by atoms with van der Waals surface area (Å²) in [5.41, 5.74) is 0.655. The molecule has 2 rings (SSSR count). The number of rotatable bonds is 4. The molecular weight excluding hydrogens is 280 g/mol. The first-order valence-electron chi connectivity index (χ1n) is 5.53. The third-order valence-corrected chi connectivity index (χ3v) is 2.96. The summed E-state index contributed by atoms with van der Waals surface area (Å²) in [6, 6.07) is 7.37. The van der Waals surface area contributed by atoms with Gasteiger partial charge >= 0.3 is 0 Å². The van der Waals surface area contributed by atoms with E-state index in [1.54, 1.807) is 12.3 Å². The summed E-state index contributed by atoms with van der Waals surface area (Å²) in [4.78, 5) is 16.4. The van der Waals surface area contributed by atoms with E-state index in [1.807, 2.05) is 29.0 Å². The normalized spacial score (nSPS) is 10.5. The lowest BCUT2D eigenvalue weighted by Gasteiger charge is -2.05. The van der Waals surface area contributed by atoms with Gasteiger partial charge < -0.3 is 4.57 Å². The van der Waals surface area contributed by atoms with E-state index in [1.165, 1.54) is 0 Å². The molecule has 3 nitrogen and oxygen atoms in total. The van der Waals surface area contributed by atoms with Gasteiger partial charge in [0, 0.05) is 29.0 Å². The zero-order valence-corrected chi connectivity index (χ0v) is 11.1. The Kier molecular flexibility index (Phi) is 3.74. The highest BCUT2D eigenvalue weighted by Crippen LogP contribution is 2.15. The molecule has 0 bridgehead atoms. The van der Waals surface area contributed by atoms with Crippen molar-refractivity contribution in [1.29, 1.82) is 0 Å². The standard InChI is InChI=1S/C13H13BrN2O/c1-2-7-16-8-6-15-13(16)12(17)10-4-3-5-11(14)9-10/h3-6,8-9H,2,7H2,1H3. The number of carbonyl (C=O) groups is 1. The van der Waals surface area contributed by atoms with Crippen LogP contribution in [0.15, 0.2) is 41.1 Å². The molecule has 0 saturated heterocycles. The second kappa shape index (κ2) is 5.27. The molecule has 4 heteroatoms. The van der Waals surface area contributed by atoms with Crippen molar-refractivity contribution in [2.24, 2.45) is 0 Å². The van der Waals surface area contributed by atoms with Crippen LogP contribution in [-0.2, 0) is 6.54 Å². The van der Waals surface area contributed by atoms with Crippen molar-refractivity contribution >= 4 is 21.7 Å². The third-order valence-electron chi connectivity index (χ3n) is 2.47. The van der Waals surface area contributed by atoms with Crippen LogP contribution in [0.2, 0.25) is 0 Å². The minimum absolute atomic E-state index is 0.0373. The van der Waals surface area contributed by atoms with Crippen molar-refractivity contribution in [3.8, 4) is 0 Å². The second-order valence-corrected chi connectivity index (χ2v) is 4.70. The van der Waals surface area contributed by atoms with Crippen LogP contribution in [0.5, 0.6) is 0 Å². The summed E-state index contributed by atoms with van der Waals surface area (Å²) in [6.07, 6.45) is 4.49. The number of aryl methyl sites for hydroxylation is 1. The first-order valence-corrected chi connectivity index (χ1v) is 6.33. The van der Waals surface area contributed by atoms with Gasteiger partial charge in [-0.1, -0.05) is 35.0 Å². The fraction of sp³-hybridized carbons (Fsp3) is 0.231. The lowest BCUT2D eigenvalue weighted by atomic mass is 10.1. The van der Waals surface area contributed by atoms with Gasteiger partial charge in [0.15, 0.2) is 5.82 Å². The van der Waals surface area contributed by atoms with E-state index in [2.05, 4.69) is 27.8 Å². The highest BCUT2D eigenvalue weighted by atomic mass is 79.9. The summed E-state index contributed by atoms with van der Waals surface area (Å²) < 4.78 is 2.79. The van der Waals surface area contributed by atoms with Crippen molar-refractivity contribution in [2.75, 3.05) is 0 Å². The third kappa shape index (κ3) is 2.64. The molecule has 0 aliphatic carbocycles. The van der Waals surface area contributed by atoms with Crippen molar-refractivity contribution in [2.45, 2.75) is 19.9 Å². The molecule has 1 aromatic carbocycles. The van der Waals surface area contributed by atoms with Gasteiger partial charge in [-0.2, -0.15) is 0 Å². The fourth-order valence-electron chi connectivity index (χ4n) is 1.70. The molecule has 0 spiro atoms. The number of aromatic nitrogens is 2. The predicted molar refractivity (Wildman–Crippen MR) is 70.1 cm³/mol. The predicted octanol–water partition coefficient (Wildman–Crippen LogP) is 3.29. The molecule has 2 aromatic rings. The van der Waals surface area contributed by atoms with Crippen LogP contribution in [0, 0.1) is 0 Å². The van der Waals surface area contributed by atoms with Crippen molar-refractivity contribution < 1.29 is 4.79 Å². The Hall–Kier alpha value is -1.42. The molecule has 0 unspecified atom stereocenters. The maximum absolute atomic E-state index is 12.3. The van der Waals surface area contributed by atoms with Gasteiger partial charge in [0.25, 0.3) is 0 Å². The molecule has 17 heavy (non-hydrogen) atoms. The number of nitrogens with zero attached hydrogens (tertiary/aromatic N) is 2. The van der Waals surface area contributed by atoms with Gasteiger partial charge in [-0.15, -0.1) is 0 Å². The van der Waals surface area contributed by atoms with Crippen LogP contribution < -0.4 is 0 Å². The smallest absolute Gasteiger partial charge is 0.228 e. The summed E-state index contributed by atoms with van der Waals surface area (Å²) in [5.74, 6) is 0.467. The van der Waals surface area contributed by atoms with Crippen LogP contribution in [0.3, 0.4) is 0 Å². The Morgan fingerprint density at radius 2 is 2.29 bits per heavy atom. The molecule has 88 valence electrons. The summed E-state index contributed by atoms with van der Waals surface area (Å²) in [7, 11) is 0. The number of benzene rings is 1. The molecule has 0 saturated carbocycles. The number of imidazole rings is 1. The minimum Gasteiger partial charge on any atom is -0.328 e. The van der Waals surface area contributed by atoms with Crippen molar-refractivity contribution in [3.63, 3.8) is 0 Å². The van der Waals surface area contributed by atoms with Gasteiger partial charge in [0.05, 0.1) is 0 Å². The second-order valence-electron chi connectivity index (χ2n) is 3.78. The van der Waals surface area contributed by atoms with Crippen LogP contribution in [0.25, 0.3) is 0 Å². The van der Waals surface area contributed by atoms with Crippen LogP contribution in [0.4, 0.5) is 0 Å². The first-order chi connectivity index (χ1) is 8.22. The monoisotopic (exact) mass is 292 g/mol. The van der Waals surface area contributed by atoms with E-state index in [4.69, 9.17) is 0 Å². The average Bonchev–Trinajstić information content (AvgIpc) is 2.77. The van der Waals surface area contributed by atoms with E-state index >= 15 is 0 Å². The van der Waals surface area contributed by atoms with E-state index in [0.717, 1.165) is 17.4 Å². The average molecular weight is 293 g/mol. The van der Waals surface area contributed by atoms with Crippen molar-refractivity contribution in [3.05, 3.63) is 52.5 Å². The van der Waals surface area contributed by atoms with Gasteiger partial charge in [0.2, 0.25) is 5.78 Å². The summed E-state index contributed by atoms with van der Waals surface area (Å²) in [5, 5.41) is 0. The number of ketones is 1. The molecular formula is C13H13BrN2O. The minimum atomic E-state index is -0.0373. The lowest BCUT2D eigenvalue weighted by Crippen LogP contribution is -2.11. The zero-order valence-electron chi connectivity index (χ0n) is 9.56. The van der Waals surface area contributed by atoms with E-state index < -0.39 is 0 Å². The van der Waals surface area contributed by atoms with Gasteiger partial charge in [-0.25, -0.2) is 4.98 Å². The van der Waals surface area contributed by atoms with Crippen LogP contribution in [-0.4, -0.2) is 15.3 Å². The van der Waals surface area contributed by atoms with Crippen LogP contribution >= 0.6 is 15.9 Å². The number of carbonyl (C=O) groups excluding carboxylic acids is 1. The molecule has 1 aromatic heterocycles. The maximum Gasteiger partial charge on any atom is 0.228 e. The van der Waals surface area contributed by atoms with Gasteiger partial charge in [-0.3, -0.25) is 4.79 Å². The quantitative estimate of drug-likeness (QED) is 0.811. The molecule has 0 aliphatic rings. The Bertz CT molecular complexity index is 534. The van der Waals surface area contributed by atoms with Gasteiger partial charge in [-0.05, 0) is 18.6 Å². The molecule has 0 atom stereocenters. The molecule has 0 radical (unpaired) electrons. The molecule has 0 fully saturated rings. The van der Waals surface area contributed by atoms with Crippen LogP contribution in [0.1, 0.15) is 29.5 Å². The maximum atomic E-state index is 12.3. The number of hydrogen-bond acceptors (Lipinski definition) is 2. The number of hydrogen-bond donors (Lipinski definition) is 0. The van der Waals surface area contributed by atoms with E-state index in [-0.39, 0.29) is 5.78 Å². The molecule has 0 N–H and O–H groups in total. The zero-order chi connectivity index (χ0) is 12.3. The Balaban J connectivity index is 2.33.